The maximum Gasteiger partial charge on any atom is 0.00137 e. The van der Waals surface area contributed by atoms with E-state index < -0.39 is 0 Å². The predicted molar refractivity (Wildman–Crippen MR) is 68.6 cm³/mol. The molecule has 0 aliphatic heterocycles. The van der Waals surface area contributed by atoms with Gasteiger partial charge >= 0.3 is 0 Å². The quantitative estimate of drug-likeness (QED) is 0.650. The molecule has 0 bridgehead atoms. The van der Waals surface area contributed by atoms with Gasteiger partial charge in [0.2, 0.25) is 0 Å². The highest BCUT2D eigenvalue weighted by Gasteiger charge is 2.03. The summed E-state index contributed by atoms with van der Waals surface area (Å²) in [6.45, 7) is 8.90. The van der Waals surface area contributed by atoms with Gasteiger partial charge in [-0.3, -0.25) is 0 Å². The number of hydrogen-bond acceptors (Lipinski definition) is 0. The molecule has 0 heterocycles. The van der Waals surface area contributed by atoms with Gasteiger partial charge in [-0.2, -0.15) is 10.5 Å². The van der Waals surface area contributed by atoms with Crippen LogP contribution in [-0.2, 0) is 0 Å². The zero-order valence-corrected chi connectivity index (χ0v) is 10.4. The van der Waals surface area contributed by atoms with E-state index in [1.807, 2.05) is 0 Å². The van der Waals surface area contributed by atoms with Gasteiger partial charge in [-0.25, -0.2) is 0 Å². The Kier molecular flexibility index (Phi) is 3.94. The van der Waals surface area contributed by atoms with Gasteiger partial charge in [-0.1, -0.05) is 45.7 Å². The van der Waals surface area contributed by atoms with Crippen molar-refractivity contribution in [3.05, 3.63) is 29.8 Å². The number of benzene rings is 1. The molecule has 1 atom stereocenters. The van der Waals surface area contributed by atoms with Gasteiger partial charge in [0.05, 0.1) is 0 Å². The lowest BCUT2D eigenvalue weighted by Crippen LogP contribution is -1.92. The Labute approximate surface area is 90.3 Å². The summed E-state index contributed by atoms with van der Waals surface area (Å²) in [7, 11) is 0.143. The molecule has 0 radical (unpaired) electrons. The lowest BCUT2D eigenvalue weighted by atomic mass is 10.0. The van der Waals surface area contributed by atoms with Crippen molar-refractivity contribution in [1.82, 2.24) is 0 Å². The zero-order chi connectivity index (χ0) is 10.7. The Balaban J connectivity index is 2.89. The van der Waals surface area contributed by atoms with Crippen LogP contribution in [0.5, 0.6) is 0 Å². The maximum absolute atomic E-state index is 4.21. The molecule has 78 valence electrons. The summed E-state index contributed by atoms with van der Waals surface area (Å²) in [4.78, 5) is 1.38. The molecule has 0 amide bonds. The fraction of sp³-hybridized carbons (Fsp3) is 0.462. The van der Waals surface area contributed by atoms with Crippen LogP contribution >= 0.6 is 10.5 Å². The summed E-state index contributed by atoms with van der Waals surface area (Å²) < 4.78 is 0. The number of rotatable bonds is 3. The van der Waals surface area contributed by atoms with Gasteiger partial charge in [-0.05, 0) is 28.9 Å². The molecule has 0 nitrogen and oxygen atoms in total. The fourth-order valence-corrected chi connectivity index (χ4v) is 2.33. The standard InChI is InChI=1S/C13H20S/c1-10(2)12-6-8-13(9-7-12)14(5)11(3)4/h6-11H,5H2,1-4H3. The normalized spacial score (nSPS) is 13.6. The largest absolute Gasteiger partial charge is 0.159 e. The molecule has 1 aromatic carbocycles. The third kappa shape index (κ3) is 2.71. The molecule has 0 N–H and O–H groups in total. The van der Waals surface area contributed by atoms with E-state index in [0.29, 0.717) is 11.2 Å². The van der Waals surface area contributed by atoms with Crippen LogP contribution in [0, 0.1) is 0 Å². The van der Waals surface area contributed by atoms with Crippen LogP contribution in [0.15, 0.2) is 29.2 Å². The summed E-state index contributed by atoms with van der Waals surface area (Å²) in [6, 6.07) is 8.91. The van der Waals surface area contributed by atoms with E-state index in [-0.39, 0.29) is 10.5 Å². The second kappa shape index (κ2) is 4.79. The van der Waals surface area contributed by atoms with Crippen LogP contribution < -0.4 is 0 Å². The summed E-state index contributed by atoms with van der Waals surface area (Å²) in [5.74, 6) is 4.83. The maximum atomic E-state index is 4.21. The van der Waals surface area contributed by atoms with Crippen molar-refractivity contribution in [2.24, 2.45) is 0 Å². The molecule has 0 aliphatic rings. The topological polar surface area (TPSA) is 0 Å². The minimum Gasteiger partial charge on any atom is -0.159 e. The lowest BCUT2D eigenvalue weighted by molar-refractivity contribution is 0.865. The first-order valence-electron chi connectivity index (χ1n) is 5.15. The molecule has 0 fully saturated rings. The van der Waals surface area contributed by atoms with Crippen LogP contribution in [0.4, 0.5) is 0 Å². The molecule has 14 heavy (non-hydrogen) atoms. The molecule has 0 saturated carbocycles. The van der Waals surface area contributed by atoms with Crippen LogP contribution in [-0.4, -0.2) is 11.1 Å². The van der Waals surface area contributed by atoms with E-state index in [4.69, 9.17) is 0 Å². The smallest absolute Gasteiger partial charge is 0.00137 e. The first-order chi connectivity index (χ1) is 6.52. The minimum atomic E-state index is 0.143. The summed E-state index contributed by atoms with van der Waals surface area (Å²) in [5.41, 5.74) is 1.41. The molecular formula is C13H20S. The van der Waals surface area contributed by atoms with Crippen molar-refractivity contribution in [2.75, 3.05) is 0 Å². The van der Waals surface area contributed by atoms with Gasteiger partial charge in [0.15, 0.2) is 0 Å². The minimum absolute atomic E-state index is 0.143. The van der Waals surface area contributed by atoms with Gasteiger partial charge in [-0.15, -0.1) is 0 Å². The third-order valence-corrected chi connectivity index (χ3v) is 4.43. The molecule has 1 heteroatoms. The Morgan fingerprint density at radius 1 is 1.00 bits per heavy atom. The lowest BCUT2D eigenvalue weighted by Gasteiger charge is -2.12. The van der Waals surface area contributed by atoms with E-state index in [2.05, 4.69) is 57.8 Å². The molecular weight excluding hydrogens is 188 g/mol. The van der Waals surface area contributed by atoms with Crippen LogP contribution in [0.3, 0.4) is 0 Å². The molecule has 0 aromatic heterocycles. The summed E-state index contributed by atoms with van der Waals surface area (Å²) in [5, 5.41) is 0.639. The Morgan fingerprint density at radius 3 is 1.86 bits per heavy atom. The zero-order valence-electron chi connectivity index (χ0n) is 9.58. The van der Waals surface area contributed by atoms with E-state index in [1.165, 1.54) is 10.5 Å². The molecule has 0 saturated heterocycles. The first kappa shape index (κ1) is 11.5. The second-order valence-electron chi connectivity index (χ2n) is 4.20. The molecule has 1 unspecified atom stereocenters. The monoisotopic (exact) mass is 208 g/mol. The molecule has 0 aliphatic carbocycles. The summed E-state index contributed by atoms with van der Waals surface area (Å²) in [6.07, 6.45) is 0. The van der Waals surface area contributed by atoms with Crippen molar-refractivity contribution in [3.8, 4) is 0 Å². The average molecular weight is 208 g/mol. The fourth-order valence-electron chi connectivity index (χ4n) is 1.30. The van der Waals surface area contributed by atoms with E-state index in [1.54, 1.807) is 0 Å². The molecule has 1 aromatic rings. The highest BCUT2D eigenvalue weighted by molar-refractivity contribution is 8.14. The van der Waals surface area contributed by atoms with Crippen molar-refractivity contribution >= 4 is 16.4 Å². The van der Waals surface area contributed by atoms with E-state index >= 15 is 0 Å². The Bertz CT molecular complexity index is 307. The predicted octanol–water partition coefficient (Wildman–Crippen LogP) is 4.28. The van der Waals surface area contributed by atoms with Crippen molar-refractivity contribution in [1.29, 1.82) is 0 Å². The third-order valence-electron chi connectivity index (χ3n) is 2.42. The van der Waals surface area contributed by atoms with E-state index in [0.717, 1.165) is 0 Å². The van der Waals surface area contributed by atoms with Crippen molar-refractivity contribution in [3.63, 3.8) is 0 Å². The molecule has 0 spiro atoms. The highest BCUT2D eigenvalue weighted by atomic mass is 32.2. The van der Waals surface area contributed by atoms with Crippen LogP contribution in [0.2, 0.25) is 0 Å². The van der Waals surface area contributed by atoms with Gasteiger partial charge in [0.1, 0.15) is 0 Å². The first-order valence-corrected chi connectivity index (χ1v) is 6.60. The van der Waals surface area contributed by atoms with Crippen LogP contribution in [0.25, 0.3) is 0 Å². The Hall–Kier alpha value is -0.560. The average Bonchev–Trinajstić information content (AvgIpc) is 2.16. The summed E-state index contributed by atoms with van der Waals surface area (Å²) >= 11 is 0. The SMILES string of the molecule is C=S(c1ccc(C(C)C)cc1)C(C)C. The highest BCUT2D eigenvalue weighted by Crippen LogP contribution is 2.30. The Morgan fingerprint density at radius 2 is 1.50 bits per heavy atom. The molecule has 1 rings (SSSR count). The van der Waals surface area contributed by atoms with Gasteiger partial charge in [0.25, 0.3) is 0 Å². The number of hydrogen-bond donors (Lipinski definition) is 0. The van der Waals surface area contributed by atoms with Crippen molar-refractivity contribution in [2.45, 2.75) is 43.8 Å². The van der Waals surface area contributed by atoms with Crippen molar-refractivity contribution < 1.29 is 0 Å². The van der Waals surface area contributed by atoms with Gasteiger partial charge in [0, 0.05) is 4.90 Å². The van der Waals surface area contributed by atoms with Crippen LogP contribution in [0.1, 0.15) is 39.2 Å². The second-order valence-corrected chi connectivity index (χ2v) is 6.47. The van der Waals surface area contributed by atoms with E-state index in [9.17, 15) is 0 Å². The van der Waals surface area contributed by atoms with Gasteiger partial charge < -0.3 is 0 Å².